The van der Waals surface area contributed by atoms with Crippen molar-refractivity contribution in [3.8, 4) is 5.75 Å². The third-order valence-electron chi connectivity index (χ3n) is 4.66. The predicted molar refractivity (Wildman–Crippen MR) is 103 cm³/mol. The van der Waals surface area contributed by atoms with Crippen molar-refractivity contribution >= 4 is 5.91 Å². The molecule has 2 aromatic rings. The minimum absolute atomic E-state index is 0.00281. The molecule has 0 aliphatic rings. The zero-order valence-corrected chi connectivity index (χ0v) is 16.1. The van der Waals surface area contributed by atoms with E-state index in [4.69, 9.17) is 4.74 Å². The summed E-state index contributed by atoms with van der Waals surface area (Å²) in [6.45, 7) is 12.1. The topological polar surface area (TPSA) is 38.3 Å². The van der Waals surface area contributed by atoms with Gasteiger partial charge in [0.25, 0.3) is 5.91 Å². The van der Waals surface area contributed by atoms with Crippen molar-refractivity contribution in [2.45, 2.75) is 60.1 Å². The maximum atomic E-state index is 12.6. The molecule has 0 spiro atoms. The molecule has 2 rings (SSSR count). The van der Waals surface area contributed by atoms with Gasteiger partial charge in [0.1, 0.15) is 5.75 Å². The van der Waals surface area contributed by atoms with Crippen LogP contribution in [0.15, 0.2) is 36.4 Å². The highest BCUT2D eigenvalue weighted by molar-refractivity contribution is 5.81. The Hall–Kier alpha value is -2.29. The minimum Gasteiger partial charge on any atom is -0.481 e. The van der Waals surface area contributed by atoms with Gasteiger partial charge in [-0.2, -0.15) is 0 Å². The van der Waals surface area contributed by atoms with Crippen molar-refractivity contribution in [1.29, 1.82) is 0 Å². The Balaban J connectivity index is 2.06. The van der Waals surface area contributed by atoms with E-state index in [0.29, 0.717) is 0 Å². The molecule has 25 heavy (non-hydrogen) atoms. The van der Waals surface area contributed by atoms with Crippen LogP contribution < -0.4 is 10.1 Å². The van der Waals surface area contributed by atoms with E-state index in [1.54, 1.807) is 6.92 Å². The first kappa shape index (κ1) is 19.0. The highest BCUT2D eigenvalue weighted by Crippen LogP contribution is 2.22. The van der Waals surface area contributed by atoms with Crippen molar-refractivity contribution in [2.24, 2.45) is 0 Å². The second-order valence-electron chi connectivity index (χ2n) is 6.84. The SMILES string of the molecule is CCC(NC(=O)C(C)Oc1ccc(C)cc1C)c1ccc(C)c(C)c1. The lowest BCUT2D eigenvalue weighted by molar-refractivity contribution is -0.128. The number of hydrogen-bond acceptors (Lipinski definition) is 2. The van der Waals surface area contributed by atoms with Crippen LogP contribution in [0.3, 0.4) is 0 Å². The van der Waals surface area contributed by atoms with Gasteiger partial charge in [0, 0.05) is 0 Å². The molecule has 0 heterocycles. The van der Waals surface area contributed by atoms with Gasteiger partial charge in [0.05, 0.1) is 6.04 Å². The molecule has 0 radical (unpaired) electrons. The van der Waals surface area contributed by atoms with Gasteiger partial charge in [0.15, 0.2) is 6.10 Å². The van der Waals surface area contributed by atoms with Crippen LogP contribution in [-0.2, 0) is 4.79 Å². The molecule has 0 bridgehead atoms. The molecule has 2 unspecified atom stereocenters. The fraction of sp³-hybridized carbons (Fsp3) is 0.409. The Morgan fingerprint density at radius 2 is 1.72 bits per heavy atom. The van der Waals surface area contributed by atoms with Crippen LogP contribution in [0.5, 0.6) is 5.75 Å². The summed E-state index contributed by atoms with van der Waals surface area (Å²) in [5, 5.41) is 3.12. The summed E-state index contributed by atoms with van der Waals surface area (Å²) in [4.78, 5) is 12.6. The predicted octanol–water partition coefficient (Wildman–Crippen LogP) is 4.96. The number of amides is 1. The van der Waals surface area contributed by atoms with E-state index in [-0.39, 0.29) is 11.9 Å². The van der Waals surface area contributed by atoms with Gasteiger partial charge >= 0.3 is 0 Å². The number of hydrogen-bond donors (Lipinski definition) is 1. The van der Waals surface area contributed by atoms with Crippen LogP contribution in [0.4, 0.5) is 0 Å². The van der Waals surface area contributed by atoms with Gasteiger partial charge < -0.3 is 10.1 Å². The Bertz CT molecular complexity index is 752. The van der Waals surface area contributed by atoms with Gasteiger partial charge in [-0.15, -0.1) is 0 Å². The molecule has 3 heteroatoms. The van der Waals surface area contributed by atoms with Gasteiger partial charge in [-0.25, -0.2) is 0 Å². The summed E-state index contributed by atoms with van der Waals surface area (Å²) in [6, 6.07) is 12.3. The smallest absolute Gasteiger partial charge is 0.261 e. The third kappa shape index (κ3) is 4.85. The van der Waals surface area contributed by atoms with Gasteiger partial charge in [-0.1, -0.05) is 42.8 Å². The van der Waals surface area contributed by atoms with E-state index >= 15 is 0 Å². The normalized spacial score (nSPS) is 13.2. The molecule has 0 saturated carbocycles. The lowest BCUT2D eigenvalue weighted by Crippen LogP contribution is -2.38. The Labute approximate surface area is 151 Å². The summed E-state index contributed by atoms with van der Waals surface area (Å²) in [6.07, 6.45) is 0.298. The molecular weight excluding hydrogens is 310 g/mol. The zero-order chi connectivity index (χ0) is 18.6. The highest BCUT2D eigenvalue weighted by atomic mass is 16.5. The second-order valence-corrected chi connectivity index (χ2v) is 6.84. The van der Waals surface area contributed by atoms with E-state index in [1.807, 2.05) is 26.0 Å². The maximum Gasteiger partial charge on any atom is 0.261 e. The minimum atomic E-state index is -0.540. The fourth-order valence-electron chi connectivity index (χ4n) is 2.87. The number of aryl methyl sites for hydroxylation is 4. The molecule has 0 aliphatic heterocycles. The molecule has 0 fully saturated rings. The number of carbonyl (C=O) groups is 1. The molecule has 0 saturated heterocycles. The van der Waals surface area contributed by atoms with Gasteiger partial charge in [0.2, 0.25) is 0 Å². The van der Waals surface area contributed by atoms with Gasteiger partial charge in [-0.3, -0.25) is 4.79 Å². The largest absolute Gasteiger partial charge is 0.481 e. The average molecular weight is 339 g/mol. The fourth-order valence-corrected chi connectivity index (χ4v) is 2.87. The molecule has 2 aromatic carbocycles. The molecule has 3 nitrogen and oxygen atoms in total. The van der Waals surface area contributed by atoms with Crippen LogP contribution >= 0.6 is 0 Å². The first-order valence-electron chi connectivity index (χ1n) is 8.93. The Kier molecular flexibility index (Phi) is 6.24. The van der Waals surface area contributed by atoms with E-state index < -0.39 is 6.10 Å². The highest BCUT2D eigenvalue weighted by Gasteiger charge is 2.20. The summed E-state index contributed by atoms with van der Waals surface area (Å²) >= 11 is 0. The number of ether oxygens (including phenoxy) is 1. The quantitative estimate of drug-likeness (QED) is 0.808. The van der Waals surface area contributed by atoms with E-state index in [1.165, 1.54) is 16.7 Å². The molecule has 0 aliphatic carbocycles. The molecule has 1 amide bonds. The van der Waals surface area contributed by atoms with Crippen molar-refractivity contribution in [3.63, 3.8) is 0 Å². The first-order chi connectivity index (χ1) is 11.8. The number of carbonyl (C=O) groups excluding carboxylic acids is 1. The zero-order valence-electron chi connectivity index (χ0n) is 16.1. The van der Waals surface area contributed by atoms with Crippen LogP contribution in [-0.4, -0.2) is 12.0 Å². The Morgan fingerprint density at radius 1 is 1.00 bits per heavy atom. The molecule has 0 aromatic heterocycles. The summed E-state index contributed by atoms with van der Waals surface area (Å²) in [5.74, 6) is 0.664. The summed E-state index contributed by atoms with van der Waals surface area (Å²) in [5.41, 5.74) is 5.86. The molecule has 2 atom stereocenters. The lowest BCUT2D eigenvalue weighted by atomic mass is 9.99. The Morgan fingerprint density at radius 3 is 2.32 bits per heavy atom. The molecular formula is C22H29NO2. The molecule has 1 N–H and O–H groups in total. The van der Waals surface area contributed by atoms with Crippen LogP contribution in [0.1, 0.15) is 54.1 Å². The van der Waals surface area contributed by atoms with E-state index in [2.05, 4.69) is 50.4 Å². The van der Waals surface area contributed by atoms with Crippen molar-refractivity contribution in [1.82, 2.24) is 5.32 Å². The van der Waals surface area contributed by atoms with Crippen LogP contribution in [0.25, 0.3) is 0 Å². The van der Waals surface area contributed by atoms with Gasteiger partial charge in [-0.05, 0) is 69.4 Å². The van der Waals surface area contributed by atoms with Crippen LogP contribution in [0.2, 0.25) is 0 Å². The standard InChI is InChI=1S/C22H29NO2/c1-7-20(19-10-9-15(3)16(4)13-19)23-22(24)18(6)25-21-11-8-14(2)12-17(21)5/h8-13,18,20H,7H2,1-6H3,(H,23,24). The number of rotatable bonds is 6. The molecule has 134 valence electrons. The van der Waals surface area contributed by atoms with E-state index in [0.717, 1.165) is 23.3 Å². The maximum absolute atomic E-state index is 12.6. The third-order valence-corrected chi connectivity index (χ3v) is 4.66. The van der Waals surface area contributed by atoms with Crippen LogP contribution in [0, 0.1) is 27.7 Å². The average Bonchev–Trinajstić information content (AvgIpc) is 2.57. The van der Waals surface area contributed by atoms with Crippen molar-refractivity contribution < 1.29 is 9.53 Å². The summed E-state index contributed by atoms with van der Waals surface area (Å²) < 4.78 is 5.87. The number of nitrogens with one attached hydrogen (secondary N) is 1. The van der Waals surface area contributed by atoms with Crippen molar-refractivity contribution in [2.75, 3.05) is 0 Å². The number of benzene rings is 2. The van der Waals surface area contributed by atoms with Crippen molar-refractivity contribution in [3.05, 3.63) is 64.2 Å². The summed E-state index contributed by atoms with van der Waals surface area (Å²) in [7, 11) is 0. The second kappa shape index (κ2) is 8.19. The monoisotopic (exact) mass is 339 g/mol. The van der Waals surface area contributed by atoms with E-state index in [9.17, 15) is 4.79 Å². The first-order valence-corrected chi connectivity index (χ1v) is 8.93. The lowest BCUT2D eigenvalue weighted by Gasteiger charge is -2.22.